The van der Waals surface area contributed by atoms with E-state index in [0.717, 1.165) is 61.1 Å². The van der Waals surface area contributed by atoms with Gasteiger partial charge >= 0.3 is 0 Å². The van der Waals surface area contributed by atoms with Crippen molar-refractivity contribution >= 4 is 62.0 Å². The molecular weight excluding hydrogens is 771 g/mol. The molecule has 4 bridgehead atoms. The Labute approximate surface area is 356 Å². The van der Waals surface area contributed by atoms with Crippen molar-refractivity contribution in [3.8, 4) is 39.3 Å². The Bertz CT molecular complexity index is 3410. The van der Waals surface area contributed by atoms with E-state index in [1.54, 1.807) is 12.7 Å². The number of aromatic nitrogens is 5. The van der Waals surface area contributed by atoms with Crippen molar-refractivity contribution in [2.45, 2.75) is 44.4 Å². The molecular formula is C54H40F2N6. The predicted molar refractivity (Wildman–Crippen MR) is 245 cm³/mol. The van der Waals surface area contributed by atoms with E-state index in [4.69, 9.17) is 0 Å². The summed E-state index contributed by atoms with van der Waals surface area (Å²) in [7, 11) is 0. The number of allylic oxidation sites excluding steroid dienone is 1. The Balaban J connectivity index is 1.07. The molecule has 0 N–H and O–H groups in total. The van der Waals surface area contributed by atoms with Crippen LogP contribution in [0.3, 0.4) is 0 Å². The highest BCUT2D eigenvalue weighted by Gasteiger charge is 2.61. The summed E-state index contributed by atoms with van der Waals surface area (Å²) >= 11 is 0. The summed E-state index contributed by atoms with van der Waals surface area (Å²) in [5.74, 6) is 2.77. The highest BCUT2D eigenvalue weighted by atomic mass is 19.1. The smallest absolute Gasteiger partial charge is 0.162 e. The van der Waals surface area contributed by atoms with E-state index in [9.17, 15) is 4.39 Å². The second-order valence-corrected chi connectivity index (χ2v) is 18.2. The van der Waals surface area contributed by atoms with Crippen molar-refractivity contribution in [1.82, 2.24) is 24.5 Å². The quantitative estimate of drug-likeness (QED) is 0.162. The topological polar surface area (TPSA) is 68.8 Å². The molecule has 3 heterocycles. The standard InChI is InChI=1S/C54H40F2N6/c1-29(55)15-45-49(25-36-21-39(56)26-59-50(36)51(45)57-2)62-48-24-34(8-11-41(48)42-12-7-32-5-3-4-6-40(32)52(42)62)33-9-13-46-43(22-33)44-23-35(53-60-27-58-28-61-53)10-14-47(44)54(46)37-17-30-16-31(19-37)20-38(54)18-30/h3-15,21-28,30-31,37-38H,2,16-20H2,1H3/b29-15+. The third-order valence-corrected chi connectivity index (χ3v) is 15.1. The van der Waals surface area contributed by atoms with Gasteiger partial charge in [0.05, 0.1) is 39.9 Å². The van der Waals surface area contributed by atoms with E-state index in [0.29, 0.717) is 45.5 Å². The highest BCUT2D eigenvalue weighted by molar-refractivity contribution is 6.19. The molecule has 5 aliphatic carbocycles. The van der Waals surface area contributed by atoms with Crippen LogP contribution in [0.1, 0.15) is 55.7 Å². The molecule has 9 aromatic rings. The maximum atomic E-state index is 15.2. The molecule has 14 rings (SSSR count). The Morgan fingerprint density at radius 1 is 0.726 bits per heavy atom. The maximum Gasteiger partial charge on any atom is 0.162 e. The minimum absolute atomic E-state index is 0.00542. The molecule has 300 valence electrons. The van der Waals surface area contributed by atoms with Gasteiger partial charge in [-0.25, -0.2) is 23.7 Å². The highest BCUT2D eigenvalue weighted by Crippen LogP contribution is 2.69. The summed E-state index contributed by atoms with van der Waals surface area (Å²) in [6, 6.07) is 36.8. The average molecular weight is 811 g/mol. The van der Waals surface area contributed by atoms with Crippen LogP contribution in [0, 0.1) is 29.5 Å². The van der Waals surface area contributed by atoms with Crippen molar-refractivity contribution in [3.05, 3.63) is 150 Å². The summed E-state index contributed by atoms with van der Waals surface area (Å²) in [6.07, 6.45) is 12.4. The molecule has 0 aliphatic heterocycles. The number of pyridine rings is 1. The fourth-order valence-corrected chi connectivity index (χ4v) is 13.0. The first-order chi connectivity index (χ1) is 30.4. The second-order valence-electron chi connectivity index (χ2n) is 18.2. The minimum Gasteiger partial charge on any atom is -0.308 e. The Hall–Kier alpha value is -6.93. The van der Waals surface area contributed by atoms with Crippen molar-refractivity contribution in [2.75, 3.05) is 0 Å². The fourth-order valence-electron chi connectivity index (χ4n) is 13.0. The first-order valence-corrected chi connectivity index (χ1v) is 21.7. The van der Waals surface area contributed by atoms with Gasteiger partial charge in [-0.1, -0.05) is 72.8 Å². The molecule has 62 heavy (non-hydrogen) atoms. The van der Waals surface area contributed by atoms with Crippen LogP contribution in [-0.4, -0.2) is 31.2 Å². The number of fused-ring (bicyclic) bond motifs is 9. The number of hydrogen-bond acceptors (Lipinski definition) is 5. The number of benzene rings is 6. The normalized spacial score (nSPS) is 22.3. The van der Waals surface area contributed by atoms with Gasteiger partial charge in [-0.15, -0.1) is 0 Å². The van der Waals surface area contributed by atoms with Crippen molar-refractivity contribution in [3.63, 3.8) is 0 Å². The monoisotopic (exact) mass is 810 g/mol. The van der Waals surface area contributed by atoms with E-state index >= 15 is 4.39 Å². The molecule has 1 spiro atoms. The lowest BCUT2D eigenvalue weighted by atomic mass is 9.43. The maximum absolute atomic E-state index is 15.2. The lowest BCUT2D eigenvalue weighted by Crippen LogP contribution is -2.55. The molecule has 0 saturated heterocycles. The molecule has 3 aromatic heterocycles. The van der Waals surface area contributed by atoms with Crippen LogP contribution in [0.25, 0.3) is 88.9 Å². The van der Waals surface area contributed by atoms with Gasteiger partial charge in [-0.2, -0.15) is 0 Å². The van der Waals surface area contributed by atoms with Gasteiger partial charge in [0.15, 0.2) is 5.82 Å². The zero-order chi connectivity index (χ0) is 41.4. The van der Waals surface area contributed by atoms with Gasteiger partial charge in [-0.05, 0) is 145 Å². The van der Waals surface area contributed by atoms with E-state index in [-0.39, 0.29) is 5.41 Å². The summed E-state index contributed by atoms with van der Waals surface area (Å²) < 4.78 is 32.3. The van der Waals surface area contributed by atoms with Gasteiger partial charge in [-0.3, -0.25) is 9.98 Å². The first-order valence-electron chi connectivity index (χ1n) is 21.7. The molecule has 0 atom stereocenters. The van der Waals surface area contributed by atoms with Crippen LogP contribution in [-0.2, 0) is 5.41 Å². The van der Waals surface area contributed by atoms with E-state index in [2.05, 4.69) is 115 Å². The van der Waals surface area contributed by atoms with Gasteiger partial charge in [0, 0.05) is 38.1 Å². The summed E-state index contributed by atoms with van der Waals surface area (Å²) in [5.41, 5.74) is 12.6. The van der Waals surface area contributed by atoms with Gasteiger partial charge in [0.1, 0.15) is 18.5 Å². The Morgan fingerprint density at radius 3 is 2.15 bits per heavy atom. The number of nitrogens with zero attached hydrogens (tertiary/aromatic N) is 6. The Kier molecular flexibility index (Phi) is 7.53. The predicted octanol–water partition coefficient (Wildman–Crippen LogP) is 13.5. The molecule has 6 nitrogen and oxygen atoms in total. The van der Waals surface area contributed by atoms with Gasteiger partial charge in [0.2, 0.25) is 0 Å². The van der Waals surface area contributed by atoms with E-state index < -0.39 is 11.6 Å². The summed E-state index contributed by atoms with van der Waals surface area (Å²) in [5, 5.41) is 4.78. The molecule has 4 fully saturated rings. The molecule has 6 aromatic carbocycles. The van der Waals surface area contributed by atoms with Crippen LogP contribution in [0.4, 0.5) is 14.5 Å². The first kappa shape index (κ1) is 35.8. The SMILES string of the molecule is C=Nc1c(/C=C(\C)F)c(-n2c3cc(-c4ccc5c(c4)-c4cc(-c6ncncn6)ccc4C54C5CC6CC(C5)CC4C6)ccc3c3ccc4ccccc4c32)cc2cc(F)cnc12. The zero-order valence-corrected chi connectivity index (χ0v) is 34.1. The minimum atomic E-state index is -0.465. The van der Waals surface area contributed by atoms with E-state index in [1.165, 1.54) is 79.6 Å². The molecule has 0 amide bonds. The van der Waals surface area contributed by atoms with Crippen molar-refractivity contribution in [1.29, 1.82) is 0 Å². The molecule has 8 heteroatoms. The third-order valence-electron chi connectivity index (χ3n) is 15.1. The number of rotatable bonds is 5. The van der Waals surface area contributed by atoms with Crippen LogP contribution in [0.15, 0.2) is 133 Å². The molecule has 5 aliphatic rings. The number of hydrogen-bond donors (Lipinski definition) is 0. The lowest BCUT2D eigenvalue weighted by Gasteiger charge is -2.61. The molecule has 4 saturated carbocycles. The summed E-state index contributed by atoms with van der Waals surface area (Å²) in [6.45, 7) is 5.31. The number of halogens is 2. The molecule has 0 unspecified atom stereocenters. The van der Waals surface area contributed by atoms with Crippen LogP contribution >= 0.6 is 0 Å². The van der Waals surface area contributed by atoms with Crippen LogP contribution < -0.4 is 0 Å². The second kappa shape index (κ2) is 13.0. The lowest BCUT2D eigenvalue weighted by molar-refractivity contribution is -0.0399. The summed E-state index contributed by atoms with van der Waals surface area (Å²) in [4.78, 5) is 22.0. The van der Waals surface area contributed by atoms with Crippen LogP contribution in [0.5, 0.6) is 0 Å². The Morgan fingerprint density at radius 2 is 1.40 bits per heavy atom. The largest absolute Gasteiger partial charge is 0.308 e. The van der Waals surface area contributed by atoms with Crippen molar-refractivity contribution in [2.24, 2.45) is 28.7 Å². The molecule has 0 radical (unpaired) electrons. The van der Waals surface area contributed by atoms with Gasteiger partial charge in [0.25, 0.3) is 0 Å². The van der Waals surface area contributed by atoms with Crippen molar-refractivity contribution < 1.29 is 8.78 Å². The third kappa shape index (κ3) is 4.92. The fraction of sp³-hybridized carbons (Fsp3) is 0.204. The van der Waals surface area contributed by atoms with Crippen LogP contribution in [0.2, 0.25) is 0 Å². The zero-order valence-electron chi connectivity index (χ0n) is 34.1. The number of aliphatic imine (C=N–C) groups is 1. The van der Waals surface area contributed by atoms with E-state index in [1.807, 2.05) is 18.2 Å². The van der Waals surface area contributed by atoms with Gasteiger partial charge < -0.3 is 4.57 Å². The average Bonchev–Trinajstić information content (AvgIpc) is 3.77.